The zero-order valence-corrected chi connectivity index (χ0v) is 13.8. The topological polar surface area (TPSA) is 76.2 Å². The van der Waals surface area contributed by atoms with E-state index in [1.54, 1.807) is 7.05 Å². The Hall–Kier alpha value is -2.02. The summed E-state index contributed by atoms with van der Waals surface area (Å²) in [5.41, 5.74) is 1.76. The second kappa shape index (κ2) is 6.23. The Labute approximate surface area is 135 Å². The molecule has 7 heteroatoms. The van der Waals surface area contributed by atoms with E-state index in [1.807, 2.05) is 13.1 Å². The molecule has 0 aromatic carbocycles. The van der Waals surface area contributed by atoms with Crippen LogP contribution in [0.4, 0.5) is 4.79 Å². The van der Waals surface area contributed by atoms with Gasteiger partial charge in [0.15, 0.2) is 5.92 Å². The molecule has 2 atom stereocenters. The molecule has 0 aliphatic carbocycles. The highest BCUT2D eigenvalue weighted by Crippen LogP contribution is 2.23. The van der Waals surface area contributed by atoms with E-state index in [4.69, 9.17) is 9.73 Å². The summed E-state index contributed by atoms with van der Waals surface area (Å²) in [5.74, 6) is -0.189. The maximum absolute atomic E-state index is 12.7. The number of rotatable bonds is 3. The fourth-order valence-electron chi connectivity index (χ4n) is 3.24. The number of nitrogens with zero attached hydrogens (tertiary/aromatic N) is 3. The van der Waals surface area contributed by atoms with E-state index in [0.29, 0.717) is 12.4 Å². The lowest BCUT2D eigenvalue weighted by Crippen LogP contribution is -2.80. The molecule has 3 rings (SSSR count). The highest BCUT2D eigenvalue weighted by Gasteiger charge is 2.50. The van der Waals surface area contributed by atoms with E-state index >= 15 is 0 Å². The lowest BCUT2D eigenvalue weighted by molar-refractivity contribution is -0.383. The molecule has 0 saturated carbocycles. The largest absolute Gasteiger partial charge is 0.417 e. The summed E-state index contributed by atoms with van der Waals surface area (Å²) in [6, 6.07) is -0.333. The fourth-order valence-corrected chi connectivity index (χ4v) is 3.24. The Morgan fingerprint density at radius 1 is 1.35 bits per heavy atom. The average molecular weight is 319 g/mol. The summed E-state index contributed by atoms with van der Waals surface area (Å²) in [7, 11) is 3.18. The number of hydrogen-bond acceptors (Lipinski definition) is 4. The Morgan fingerprint density at radius 2 is 2.13 bits per heavy atom. The Kier molecular flexibility index (Phi) is 4.30. The van der Waals surface area contributed by atoms with Crippen LogP contribution in [-0.4, -0.2) is 66.6 Å². The monoisotopic (exact) mass is 319 g/mol. The van der Waals surface area contributed by atoms with Gasteiger partial charge in [0.2, 0.25) is 0 Å². The van der Waals surface area contributed by atoms with Gasteiger partial charge < -0.3 is 4.74 Å². The van der Waals surface area contributed by atoms with Crippen LogP contribution < -0.4 is 4.99 Å². The van der Waals surface area contributed by atoms with Crippen LogP contribution in [0, 0.1) is 5.92 Å². The molecular formula is C16H23N4O3+. The number of carbonyl (C=O) groups is 2. The van der Waals surface area contributed by atoms with Gasteiger partial charge in [0.25, 0.3) is 11.7 Å². The van der Waals surface area contributed by atoms with Gasteiger partial charge >= 0.3 is 6.03 Å². The highest BCUT2D eigenvalue weighted by molar-refractivity contribution is 6.31. The third-order valence-corrected chi connectivity index (χ3v) is 4.65. The number of fused-ring (bicyclic) bond motifs is 1. The minimum Gasteiger partial charge on any atom is -0.376 e. The molecule has 23 heavy (non-hydrogen) atoms. The van der Waals surface area contributed by atoms with Crippen molar-refractivity contribution in [3.8, 4) is 0 Å². The van der Waals surface area contributed by atoms with E-state index in [9.17, 15) is 9.59 Å². The number of aliphatic imine (C=N–C) groups is 1. The SMILES string of the molecule is CCC1=C[NH+]=C2C(C(=O)N(C)C(=O)N2C)C1=NCC1CCCO1. The minimum atomic E-state index is -0.538. The van der Waals surface area contributed by atoms with Crippen LogP contribution in [0.25, 0.3) is 0 Å². The van der Waals surface area contributed by atoms with Crippen LogP contribution in [-0.2, 0) is 9.53 Å². The second-order valence-corrected chi connectivity index (χ2v) is 6.09. The first-order valence-corrected chi connectivity index (χ1v) is 8.08. The van der Waals surface area contributed by atoms with Crippen molar-refractivity contribution in [3.63, 3.8) is 0 Å². The molecule has 7 nitrogen and oxygen atoms in total. The maximum atomic E-state index is 12.7. The molecule has 0 radical (unpaired) electrons. The highest BCUT2D eigenvalue weighted by atomic mass is 16.5. The standard InChI is InChI=1S/C16H22N4O3/c1-4-10-8-18-14-12(15(21)20(3)16(22)19(14)2)13(10)17-9-11-6-5-7-23-11/h8,11-12H,4-7,9H2,1-3H3/p+1. The van der Waals surface area contributed by atoms with Gasteiger partial charge in [0, 0.05) is 19.2 Å². The van der Waals surface area contributed by atoms with Crippen molar-refractivity contribution in [3.05, 3.63) is 11.8 Å². The minimum absolute atomic E-state index is 0.134. The van der Waals surface area contributed by atoms with Crippen LogP contribution in [0.3, 0.4) is 0 Å². The smallest absolute Gasteiger partial charge is 0.376 e. The number of amidine groups is 1. The third-order valence-electron chi connectivity index (χ3n) is 4.65. The summed E-state index contributed by atoms with van der Waals surface area (Å²) >= 11 is 0. The summed E-state index contributed by atoms with van der Waals surface area (Å²) in [6.45, 7) is 3.38. The predicted octanol–water partition coefficient (Wildman–Crippen LogP) is -0.467. The zero-order chi connectivity index (χ0) is 16.6. The van der Waals surface area contributed by atoms with Crippen molar-refractivity contribution in [1.82, 2.24) is 9.80 Å². The quantitative estimate of drug-likeness (QED) is 0.764. The molecule has 3 heterocycles. The molecule has 2 unspecified atom stereocenters. The number of allylic oxidation sites excluding steroid dienone is 1. The zero-order valence-electron chi connectivity index (χ0n) is 13.8. The third kappa shape index (κ3) is 2.69. The van der Waals surface area contributed by atoms with Gasteiger partial charge in [0.1, 0.15) is 0 Å². The van der Waals surface area contributed by atoms with Crippen LogP contribution in [0.1, 0.15) is 26.2 Å². The van der Waals surface area contributed by atoms with Crippen LogP contribution in [0.5, 0.6) is 0 Å². The molecule has 0 aromatic rings. The van der Waals surface area contributed by atoms with E-state index in [0.717, 1.165) is 42.1 Å². The number of nitrogens with one attached hydrogen (secondary N) is 1. The maximum Gasteiger partial charge on any atom is 0.417 e. The Bertz CT molecular complexity index is 617. The van der Waals surface area contributed by atoms with Gasteiger partial charge in [0.05, 0.1) is 31.6 Å². The van der Waals surface area contributed by atoms with Gasteiger partial charge in [-0.05, 0) is 19.3 Å². The first kappa shape index (κ1) is 15.9. The second-order valence-electron chi connectivity index (χ2n) is 6.09. The van der Waals surface area contributed by atoms with Crippen LogP contribution in [0.15, 0.2) is 16.8 Å². The summed E-state index contributed by atoms with van der Waals surface area (Å²) in [6.07, 6.45) is 4.83. The van der Waals surface area contributed by atoms with Gasteiger partial charge in [-0.1, -0.05) is 6.92 Å². The number of hydrogen-bond donors (Lipinski definition) is 1. The lowest BCUT2D eigenvalue weighted by atomic mass is 9.89. The van der Waals surface area contributed by atoms with E-state index in [2.05, 4.69) is 4.99 Å². The van der Waals surface area contributed by atoms with E-state index in [-0.39, 0.29) is 18.0 Å². The van der Waals surface area contributed by atoms with E-state index in [1.165, 1.54) is 11.9 Å². The molecule has 3 amide bonds. The molecule has 1 N–H and O–H groups in total. The summed E-state index contributed by atoms with van der Waals surface area (Å²) < 4.78 is 5.63. The number of ether oxygens (including phenoxy) is 1. The predicted molar refractivity (Wildman–Crippen MR) is 85.0 cm³/mol. The fraction of sp³-hybridized carbons (Fsp3) is 0.625. The molecule has 0 aromatic heterocycles. The Balaban J connectivity index is 1.94. The molecule has 2 saturated heterocycles. The van der Waals surface area contributed by atoms with Crippen molar-refractivity contribution in [2.75, 3.05) is 27.2 Å². The Morgan fingerprint density at radius 3 is 2.78 bits per heavy atom. The first-order valence-electron chi connectivity index (χ1n) is 8.08. The normalized spacial score (nSPS) is 29.8. The molecule has 3 aliphatic rings. The van der Waals surface area contributed by atoms with E-state index < -0.39 is 5.92 Å². The van der Waals surface area contributed by atoms with Crippen molar-refractivity contribution in [2.24, 2.45) is 10.9 Å². The summed E-state index contributed by atoms with van der Waals surface area (Å²) in [4.78, 5) is 35.2. The summed E-state index contributed by atoms with van der Waals surface area (Å²) in [5, 5.41) is 0. The number of urea groups is 1. The molecular weight excluding hydrogens is 296 g/mol. The van der Waals surface area contributed by atoms with Crippen LogP contribution in [0.2, 0.25) is 0 Å². The van der Waals surface area contributed by atoms with Gasteiger partial charge in [-0.25, -0.2) is 14.7 Å². The number of carbonyl (C=O) groups excluding carboxylic acids is 2. The molecule has 2 fully saturated rings. The van der Waals surface area contributed by atoms with Crippen molar-refractivity contribution in [1.29, 1.82) is 0 Å². The van der Waals surface area contributed by atoms with Gasteiger partial charge in [-0.3, -0.25) is 9.79 Å². The molecule has 0 spiro atoms. The molecule has 3 aliphatic heterocycles. The van der Waals surface area contributed by atoms with Gasteiger partial charge in [-0.15, -0.1) is 0 Å². The van der Waals surface area contributed by atoms with Crippen LogP contribution >= 0.6 is 0 Å². The van der Waals surface area contributed by atoms with Gasteiger partial charge in [-0.2, -0.15) is 4.90 Å². The van der Waals surface area contributed by atoms with Crippen molar-refractivity contribution < 1.29 is 19.3 Å². The van der Waals surface area contributed by atoms with Crippen molar-refractivity contribution >= 4 is 23.5 Å². The number of imide groups is 1. The molecule has 124 valence electrons. The van der Waals surface area contributed by atoms with Crippen molar-refractivity contribution in [2.45, 2.75) is 32.3 Å². The first-order chi connectivity index (χ1) is 11.0. The average Bonchev–Trinajstić information content (AvgIpc) is 3.08. The number of amides is 3. The lowest BCUT2D eigenvalue weighted by Gasteiger charge is -2.32. The molecule has 0 bridgehead atoms.